The van der Waals surface area contributed by atoms with Crippen molar-refractivity contribution >= 4 is 34.9 Å². The van der Waals surface area contributed by atoms with Gasteiger partial charge in [-0.1, -0.05) is 42.1 Å². The summed E-state index contributed by atoms with van der Waals surface area (Å²) in [6.45, 7) is 1.72. The summed E-state index contributed by atoms with van der Waals surface area (Å²) in [7, 11) is 0. The zero-order valence-electron chi connectivity index (χ0n) is 14.6. The average molecular weight is 388 g/mol. The Balaban J connectivity index is 1.53. The molecule has 5 nitrogen and oxygen atoms in total. The van der Waals surface area contributed by atoms with E-state index in [4.69, 9.17) is 0 Å². The Kier molecular flexibility index (Phi) is 5.00. The van der Waals surface area contributed by atoms with Crippen LogP contribution in [0.3, 0.4) is 0 Å². The number of carbonyl (C=O) groups is 2. The molecule has 2 amide bonds. The van der Waals surface area contributed by atoms with Crippen molar-refractivity contribution in [2.24, 2.45) is 5.92 Å². The number of amides is 2. The molecule has 3 fully saturated rings. The quantitative estimate of drug-likeness (QED) is 0.757. The molecule has 0 spiro atoms. The Hall–Kier alpha value is -1.86. The lowest BCUT2D eigenvalue weighted by atomic mass is 9.93. The van der Waals surface area contributed by atoms with Gasteiger partial charge in [-0.2, -0.15) is 0 Å². The Morgan fingerprint density at radius 2 is 2.08 bits per heavy atom. The molecule has 4 heterocycles. The molecule has 7 heteroatoms. The van der Waals surface area contributed by atoms with Crippen LogP contribution < -0.4 is 0 Å². The minimum Gasteiger partial charge on any atom is -0.334 e. The van der Waals surface area contributed by atoms with Crippen molar-refractivity contribution in [2.45, 2.75) is 29.8 Å². The van der Waals surface area contributed by atoms with Crippen LogP contribution in [0.4, 0.5) is 0 Å². The van der Waals surface area contributed by atoms with Gasteiger partial charge in [-0.05, 0) is 24.7 Å². The summed E-state index contributed by atoms with van der Waals surface area (Å²) in [6.07, 6.45) is 3.78. The number of fused-ring (bicyclic) bond motifs is 4. The van der Waals surface area contributed by atoms with Crippen molar-refractivity contribution in [1.82, 2.24) is 14.8 Å². The van der Waals surface area contributed by atoms with Gasteiger partial charge in [0.2, 0.25) is 5.91 Å². The number of rotatable bonds is 4. The summed E-state index contributed by atoms with van der Waals surface area (Å²) < 4.78 is 0.896. The summed E-state index contributed by atoms with van der Waals surface area (Å²) in [6, 6.07) is 10.2. The van der Waals surface area contributed by atoms with Crippen molar-refractivity contribution in [3.05, 3.63) is 47.0 Å². The standard InChI is InChI=1S/C19H21N3O2S2/c1-25-19-20-16(12-26-19)18(24)21-10-14-7-8-15(11-21)22(17(14)23)9-13-5-3-2-4-6-13/h2-6,12,14-15H,7-11H2,1H3/t14-,15+/m0/s1. The third kappa shape index (κ3) is 3.38. The molecule has 136 valence electrons. The van der Waals surface area contributed by atoms with Gasteiger partial charge in [-0.25, -0.2) is 4.98 Å². The van der Waals surface area contributed by atoms with E-state index in [2.05, 4.69) is 4.98 Å². The van der Waals surface area contributed by atoms with E-state index in [0.29, 0.717) is 25.3 Å². The highest BCUT2D eigenvalue weighted by Crippen LogP contribution is 2.31. The highest BCUT2D eigenvalue weighted by molar-refractivity contribution is 8.00. The topological polar surface area (TPSA) is 53.5 Å². The third-order valence-electron chi connectivity index (χ3n) is 5.15. The fourth-order valence-corrected chi connectivity index (χ4v) is 5.04. The third-order valence-corrected chi connectivity index (χ3v) is 7.02. The first-order valence-corrected chi connectivity index (χ1v) is 10.9. The number of hydrogen-bond acceptors (Lipinski definition) is 5. The van der Waals surface area contributed by atoms with Crippen molar-refractivity contribution in [1.29, 1.82) is 0 Å². The molecule has 1 aromatic carbocycles. The molecule has 2 bridgehead atoms. The first kappa shape index (κ1) is 17.5. The van der Waals surface area contributed by atoms with Crippen LogP contribution in [0.15, 0.2) is 40.1 Å². The maximum atomic E-state index is 12.9. The molecule has 0 radical (unpaired) electrons. The van der Waals surface area contributed by atoms with Crippen LogP contribution in [0.2, 0.25) is 0 Å². The van der Waals surface area contributed by atoms with Gasteiger partial charge in [0, 0.05) is 31.1 Å². The second-order valence-electron chi connectivity index (χ2n) is 6.79. The van der Waals surface area contributed by atoms with Crippen LogP contribution in [-0.2, 0) is 11.3 Å². The second-order valence-corrected chi connectivity index (χ2v) is 8.70. The van der Waals surface area contributed by atoms with E-state index >= 15 is 0 Å². The molecule has 5 rings (SSSR count). The van der Waals surface area contributed by atoms with Crippen LogP contribution in [0.25, 0.3) is 0 Å². The number of carbonyl (C=O) groups excluding carboxylic acids is 2. The second kappa shape index (κ2) is 7.40. The van der Waals surface area contributed by atoms with E-state index in [1.165, 1.54) is 11.3 Å². The van der Waals surface area contributed by atoms with Crippen molar-refractivity contribution in [3.63, 3.8) is 0 Å². The van der Waals surface area contributed by atoms with Crippen LogP contribution in [0.5, 0.6) is 0 Å². The SMILES string of the molecule is CSc1nc(C(=O)N2C[C@@H]3CC[C@H](C2)N(Cc2ccccc2)C3=O)cs1. The molecule has 0 unspecified atom stereocenters. The molecule has 2 aromatic rings. The number of thioether (sulfide) groups is 1. The Labute approximate surface area is 161 Å². The summed E-state index contributed by atoms with van der Waals surface area (Å²) in [4.78, 5) is 34.1. The smallest absolute Gasteiger partial charge is 0.273 e. The summed E-state index contributed by atoms with van der Waals surface area (Å²) in [5, 5.41) is 1.82. The summed E-state index contributed by atoms with van der Waals surface area (Å²) in [5.41, 5.74) is 1.64. The Bertz CT molecular complexity index is 808. The summed E-state index contributed by atoms with van der Waals surface area (Å²) in [5.74, 6) is 0.0383. The van der Waals surface area contributed by atoms with Gasteiger partial charge in [0.25, 0.3) is 5.91 Å². The van der Waals surface area contributed by atoms with Crippen LogP contribution in [0, 0.1) is 5.92 Å². The fraction of sp³-hybridized carbons (Fsp3) is 0.421. The number of hydrogen-bond donors (Lipinski definition) is 0. The minimum absolute atomic E-state index is 0.0483. The zero-order valence-corrected chi connectivity index (χ0v) is 16.3. The Morgan fingerprint density at radius 1 is 1.27 bits per heavy atom. The van der Waals surface area contributed by atoms with Gasteiger partial charge in [0.05, 0.1) is 5.92 Å². The number of piperidine rings is 1. The molecule has 1 aromatic heterocycles. The predicted molar refractivity (Wildman–Crippen MR) is 103 cm³/mol. The largest absolute Gasteiger partial charge is 0.334 e. The minimum atomic E-state index is -0.0972. The lowest BCUT2D eigenvalue weighted by Gasteiger charge is -2.36. The maximum Gasteiger partial charge on any atom is 0.273 e. The molecule has 3 aliphatic rings. The Morgan fingerprint density at radius 3 is 2.81 bits per heavy atom. The highest BCUT2D eigenvalue weighted by Gasteiger charge is 2.42. The average Bonchev–Trinajstić information content (AvgIpc) is 2.99. The highest BCUT2D eigenvalue weighted by atomic mass is 32.2. The number of thiazole rings is 1. The first-order valence-electron chi connectivity index (χ1n) is 8.79. The zero-order chi connectivity index (χ0) is 18.1. The van der Waals surface area contributed by atoms with Gasteiger partial charge in [0.15, 0.2) is 0 Å². The number of aromatic nitrogens is 1. The van der Waals surface area contributed by atoms with Gasteiger partial charge in [-0.15, -0.1) is 11.3 Å². The van der Waals surface area contributed by atoms with Gasteiger partial charge in [0.1, 0.15) is 10.0 Å². The van der Waals surface area contributed by atoms with Crippen LogP contribution >= 0.6 is 23.1 Å². The molecule has 0 saturated carbocycles. The lowest BCUT2D eigenvalue weighted by molar-refractivity contribution is -0.140. The van der Waals surface area contributed by atoms with E-state index in [9.17, 15) is 9.59 Å². The first-order chi connectivity index (χ1) is 12.7. The van der Waals surface area contributed by atoms with Gasteiger partial charge in [-0.3, -0.25) is 9.59 Å². The monoisotopic (exact) mass is 387 g/mol. The molecule has 3 aliphatic heterocycles. The van der Waals surface area contributed by atoms with E-state index in [1.807, 2.05) is 51.8 Å². The molecular weight excluding hydrogens is 366 g/mol. The normalized spacial score (nSPS) is 22.6. The van der Waals surface area contributed by atoms with Gasteiger partial charge < -0.3 is 9.80 Å². The number of nitrogens with zero attached hydrogens (tertiary/aromatic N) is 3. The molecular formula is C19H21N3O2S2. The fourth-order valence-electron chi connectivity index (χ4n) is 3.81. The van der Waals surface area contributed by atoms with Crippen molar-refractivity contribution in [2.75, 3.05) is 19.3 Å². The van der Waals surface area contributed by atoms with Crippen molar-refractivity contribution in [3.8, 4) is 0 Å². The molecule has 2 atom stereocenters. The molecule has 0 aliphatic carbocycles. The summed E-state index contributed by atoms with van der Waals surface area (Å²) >= 11 is 3.04. The molecule has 3 saturated heterocycles. The van der Waals surface area contributed by atoms with E-state index in [1.54, 1.807) is 11.8 Å². The maximum absolute atomic E-state index is 12.9. The predicted octanol–water partition coefficient (Wildman–Crippen LogP) is 3.13. The van der Waals surface area contributed by atoms with E-state index in [0.717, 1.165) is 22.7 Å². The molecule has 0 N–H and O–H groups in total. The van der Waals surface area contributed by atoms with Gasteiger partial charge >= 0.3 is 0 Å². The number of benzene rings is 1. The lowest BCUT2D eigenvalue weighted by Crippen LogP contribution is -2.47. The van der Waals surface area contributed by atoms with Crippen LogP contribution in [-0.4, -0.2) is 52.0 Å². The molecule has 26 heavy (non-hydrogen) atoms. The van der Waals surface area contributed by atoms with Crippen LogP contribution in [0.1, 0.15) is 28.9 Å². The van der Waals surface area contributed by atoms with Crippen molar-refractivity contribution < 1.29 is 9.59 Å². The van der Waals surface area contributed by atoms with E-state index in [-0.39, 0.29) is 23.8 Å². The van der Waals surface area contributed by atoms with E-state index < -0.39 is 0 Å².